The Labute approximate surface area is 342 Å². The third-order valence-electron chi connectivity index (χ3n) is 10.5. The summed E-state index contributed by atoms with van der Waals surface area (Å²) in [4.78, 5) is 9.68. The first kappa shape index (κ1) is 39.3. The largest absolute Gasteiger partial charge is 0.417 e. The molecule has 0 amide bonds. The van der Waals surface area contributed by atoms with E-state index in [1.54, 1.807) is 72.8 Å². The van der Waals surface area contributed by atoms with Gasteiger partial charge in [-0.3, -0.25) is 0 Å². The Hall–Kier alpha value is -7.21. The molecule has 302 valence electrons. The standard InChI is InChI=1S/C49H28F9N3/c50-47(51,52)32-23-24-44-36(27-32)35-19-9-12-22-43(35)61(44)45-37(33-17-7-10-20-39(33)48(53,54)55)25-31(26-38(45)34-18-8-11-21-40(34)49(56,57)58)42-28-41(29-13-3-1-4-14-29)59-46(60-42)30-15-5-2-6-16-30/h1-28H. The first-order valence-corrected chi connectivity index (χ1v) is 18.8. The monoisotopic (exact) mass is 829 g/mol. The van der Waals surface area contributed by atoms with Gasteiger partial charge in [0.25, 0.3) is 0 Å². The van der Waals surface area contributed by atoms with Crippen LogP contribution in [0.25, 0.3) is 83.6 Å². The quantitative estimate of drug-likeness (QED) is 0.156. The molecule has 0 atom stereocenters. The van der Waals surface area contributed by atoms with Gasteiger partial charge in [-0.1, -0.05) is 115 Å². The highest BCUT2D eigenvalue weighted by Crippen LogP contribution is 2.49. The van der Waals surface area contributed by atoms with Crippen molar-refractivity contribution in [2.45, 2.75) is 18.5 Å². The van der Waals surface area contributed by atoms with Gasteiger partial charge in [0.2, 0.25) is 0 Å². The van der Waals surface area contributed by atoms with Gasteiger partial charge in [0.05, 0.1) is 44.8 Å². The minimum absolute atomic E-state index is 0.0930. The first-order chi connectivity index (χ1) is 29.2. The van der Waals surface area contributed by atoms with Gasteiger partial charge < -0.3 is 4.57 Å². The second-order valence-corrected chi connectivity index (χ2v) is 14.3. The molecule has 9 aromatic rings. The Kier molecular flexibility index (Phi) is 9.53. The van der Waals surface area contributed by atoms with Crippen LogP contribution in [0.3, 0.4) is 0 Å². The van der Waals surface area contributed by atoms with Crippen molar-refractivity contribution in [2.24, 2.45) is 0 Å². The van der Waals surface area contributed by atoms with E-state index in [4.69, 9.17) is 9.97 Å². The third kappa shape index (κ3) is 7.28. The summed E-state index contributed by atoms with van der Waals surface area (Å²) in [5.41, 5.74) is -1.89. The SMILES string of the molecule is FC(F)(F)c1ccc2c(c1)c1ccccc1n2-c1c(-c2ccccc2C(F)(F)F)cc(-c2cc(-c3ccccc3)nc(-c3ccccc3)n2)cc1-c1ccccc1C(F)(F)F. The van der Waals surface area contributed by atoms with Gasteiger partial charge in [-0.05, 0) is 65.7 Å². The van der Waals surface area contributed by atoms with Gasteiger partial charge in [0.15, 0.2) is 5.82 Å². The molecule has 2 aromatic heterocycles. The lowest BCUT2D eigenvalue weighted by molar-refractivity contribution is -0.138. The van der Waals surface area contributed by atoms with Crippen molar-refractivity contribution < 1.29 is 39.5 Å². The molecule has 0 aliphatic carbocycles. The fraction of sp³-hybridized carbons (Fsp3) is 0.0612. The van der Waals surface area contributed by atoms with E-state index in [0.717, 1.165) is 24.3 Å². The maximum absolute atomic E-state index is 15.1. The predicted molar refractivity (Wildman–Crippen MR) is 219 cm³/mol. The van der Waals surface area contributed by atoms with Crippen LogP contribution in [0, 0.1) is 0 Å². The number of alkyl halides is 9. The lowest BCUT2D eigenvalue weighted by Gasteiger charge is -2.24. The summed E-state index contributed by atoms with van der Waals surface area (Å²) >= 11 is 0. The predicted octanol–water partition coefficient (Wildman–Crippen LogP) is 15.0. The molecule has 3 nitrogen and oxygen atoms in total. The smallest absolute Gasteiger partial charge is 0.308 e. The number of fused-ring (bicyclic) bond motifs is 3. The molecule has 0 radical (unpaired) electrons. The molecule has 0 fully saturated rings. The van der Waals surface area contributed by atoms with Crippen LogP contribution in [0.2, 0.25) is 0 Å². The molecule has 0 unspecified atom stereocenters. The van der Waals surface area contributed by atoms with Gasteiger partial charge in [-0.25, -0.2) is 9.97 Å². The van der Waals surface area contributed by atoms with Gasteiger partial charge in [0.1, 0.15) is 0 Å². The minimum atomic E-state index is -4.94. The number of nitrogens with zero attached hydrogens (tertiary/aromatic N) is 3. The number of para-hydroxylation sites is 1. The summed E-state index contributed by atoms with van der Waals surface area (Å²) < 4.78 is 135. The highest BCUT2D eigenvalue weighted by Gasteiger charge is 2.38. The lowest BCUT2D eigenvalue weighted by Crippen LogP contribution is -2.11. The first-order valence-electron chi connectivity index (χ1n) is 18.8. The van der Waals surface area contributed by atoms with Crippen LogP contribution >= 0.6 is 0 Å². The average Bonchev–Trinajstić information content (AvgIpc) is 3.59. The zero-order chi connectivity index (χ0) is 42.7. The average molecular weight is 830 g/mol. The van der Waals surface area contributed by atoms with Gasteiger partial charge >= 0.3 is 18.5 Å². The van der Waals surface area contributed by atoms with Crippen molar-refractivity contribution in [3.05, 3.63) is 187 Å². The topological polar surface area (TPSA) is 30.7 Å². The highest BCUT2D eigenvalue weighted by molar-refractivity contribution is 6.11. The summed E-state index contributed by atoms with van der Waals surface area (Å²) in [6, 6.07) is 41.2. The van der Waals surface area contributed by atoms with Crippen LogP contribution in [0.5, 0.6) is 0 Å². The van der Waals surface area contributed by atoms with E-state index in [-0.39, 0.29) is 61.4 Å². The summed E-state index contributed by atoms with van der Waals surface area (Å²) in [5.74, 6) is 0.248. The minimum Gasteiger partial charge on any atom is -0.308 e. The van der Waals surface area contributed by atoms with E-state index < -0.39 is 35.2 Å². The number of aromatic nitrogens is 3. The Morgan fingerprint density at radius 1 is 0.361 bits per heavy atom. The second-order valence-electron chi connectivity index (χ2n) is 14.3. The van der Waals surface area contributed by atoms with Crippen LogP contribution in [-0.2, 0) is 18.5 Å². The number of hydrogen-bond acceptors (Lipinski definition) is 2. The van der Waals surface area contributed by atoms with E-state index in [1.807, 2.05) is 18.2 Å². The van der Waals surface area contributed by atoms with Crippen molar-refractivity contribution in [1.29, 1.82) is 0 Å². The van der Waals surface area contributed by atoms with Crippen molar-refractivity contribution in [3.8, 4) is 61.8 Å². The van der Waals surface area contributed by atoms with Gasteiger partial charge in [-0.2, -0.15) is 39.5 Å². The van der Waals surface area contributed by atoms with Crippen LogP contribution in [0.4, 0.5) is 39.5 Å². The molecular formula is C49H28F9N3. The van der Waals surface area contributed by atoms with E-state index >= 15 is 26.3 Å². The number of halogens is 9. The zero-order valence-electron chi connectivity index (χ0n) is 31.4. The number of hydrogen-bond donors (Lipinski definition) is 0. The van der Waals surface area contributed by atoms with Gasteiger partial charge in [0, 0.05) is 38.6 Å². The van der Waals surface area contributed by atoms with Crippen LogP contribution in [0.1, 0.15) is 16.7 Å². The molecule has 0 bridgehead atoms. The molecule has 7 aromatic carbocycles. The highest BCUT2D eigenvalue weighted by atomic mass is 19.4. The Morgan fingerprint density at radius 2 is 0.836 bits per heavy atom. The summed E-state index contributed by atoms with van der Waals surface area (Å²) in [6.07, 6.45) is -14.6. The fourth-order valence-electron chi connectivity index (χ4n) is 7.82. The summed E-state index contributed by atoms with van der Waals surface area (Å²) in [5, 5.41) is 0.393. The van der Waals surface area contributed by atoms with E-state index in [0.29, 0.717) is 22.2 Å². The van der Waals surface area contributed by atoms with Gasteiger partial charge in [-0.15, -0.1) is 0 Å². The Bertz CT molecular complexity index is 2960. The Morgan fingerprint density at radius 3 is 1.39 bits per heavy atom. The van der Waals surface area contributed by atoms with Crippen molar-refractivity contribution in [2.75, 3.05) is 0 Å². The third-order valence-corrected chi connectivity index (χ3v) is 10.5. The molecule has 12 heteroatoms. The zero-order valence-corrected chi connectivity index (χ0v) is 31.4. The molecule has 0 saturated carbocycles. The number of benzene rings is 7. The van der Waals surface area contributed by atoms with Crippen molar-refractivity contribution in [1.82, 2.24) is 14.5 Å². The van der Waals surface area contributed by atoms with Crippen LogP contribution in [-0.4, -0.2) is 14.5 Å². The molecule has 9 rings (SSSR count). The van der Waals surface area contributed by atoms with E-state index in [9.17, 15) is 13.2 Å². The molecule has 0 aliphatic rings. The van der Waals surface area contributed by atoms with Crippen molar-refractivity contribution in [3.63, 3.8) is 0 Å². The van der Waals surface area contributed by atoms with Crippen LogP contribution in [0.15, 0.2) is 170 Å². The lowest BCUT2D eigenvalue weighted by atomic mass is 9.88. The molecular weight excluding hydrogens is 802 g/mol. The normalized spacial score (nSPS) is 12.3. The molecule has 2 heterocycles. The fourth-order valence-corrected chi connectivity index (χ4v) is 7.82. The summed E-state index contributed by atoms with van der Waals surface area (Å²) in [7, 11) is 0. The van der Waals surface area contributed by atoms with E-state index in [1.165, 1.54) is 59.2 Å². The molecule has 0 spiro atoms. The Balaban J connectivity index is 1.48. The molecule has 61 heavy (non-hydrogen) atoms. The summed E-state index contributed by atoms with van der Waals surface area (Å²) in [6.45, 7) is 0. The maximum Gasteiger partial charge on any atom is 0.417 e. The second kappa shape index (κ2) is 14.8. The van der Waals surface area contributed by atoms with E-state index in [2.05, 4.69) is 0 Å². The molecule has 0 N–H and O–H groups in total. The molecule has 0 aliphatic heterocycles. The maximum atomic E-state index is 15.1. The number of rotatable bonds is 6. The van der Waals surface area contributed by atoms with Crippen LogP contribution < -0.4 is 0 Å². The van der Waals surface area contributed by atoms with Crippen molar-refractivity contribution >= 4 is 21.8 Å². The molecule has 0 saturated heterocycles.